The molecule has 2 amide bonds. The zero-order valence-electron chi connectivity index (χ0n) is 16.6. The molecule has 0 spiro atoms. The number of benzene rings is 3. The van der Waals surface area contributed by atoms with Crippen LogP contribution in [0, 0.1) is 6.92 Å². The number of carbonyl (C=O) groups excluding carboxylic acids is 2. The van der Waals surface area contributed by atoms with E-state index in [4.69, 9.17) is 16.0 Å². The number of halogens is 1. The van der Waals surface area contributed by atoms with Gasteiger partial charge in [0.1, 0.15) is 5.58 Å². The summed E-state index contributed by atoms with van der Waals surface area (Å²) >= 11 is 7.31. The smallest absolute Gasteiger partial charge is 0.291 e. The molecule has 1 aromatic heterocycles. The topological polar surface area (TPSA) is 71.3 Å². The Morgan fingerprint density at radius 3 is 2.48 bits per heavy atom. The Balaban J connectivity index is 1.36. The van der Waals surface area contributed by atoms with Crippen LogP contribution >= 0.6 is 23.4 Å². The number of aryl methyl sites for hydroxylation is 1. The van der Waals surface area contributed by atoms with Crippen molar-refractivity contribution in [3.05, 3.63) is 89.1 Å². The van der Waals surface area contributed by atoms with E-state index in [0.29, 0.717) is 22.0 Å². The first-order valence-corrected chi connectivity index (χ1v) is 10.9. The molecule has 0 unspecified atom stereocenters. The van der Waals surface area contributed by atoms with Gasteiger partial charge >= 0.3 is 0 Å². The molecule has 0 radical (unpaired) electrons. The fourth-order valence-electron chi connectivity index (χ4n) is 3.04. The number of hydrogen-bond acceptors (Lipinski definition) is 4. The van der Waals surface area contributed by atoms with E-state index >= 15 is 0 Å². The second kappa shape index (κ2) is 9.29. The first-order chi connectivity index (χ1) is 15.0. The summed E-state index contributed by atoms with van der Waals surface area (Å²) in [4.78, 5) is 25.8. The lowest BCUT2D eigenvalue weighted by Crippen LogP contribution is -2.15. The third-order valence-corrected chi connectivity index (χ3v) is 5.86. The molecule has 0 bridgehead atoms. The van der Waals surface area contributed by atoms with Gasteiger partial charge in [-0.15, -0.1) is 11.8 Å². The van der Waals surface area contributed by atoms with Crippen molar-refractivity contribution in [3.63, 3.8) is 0 Å². The number of carbonyl (C=O) groups is 2. The summed E-state index contributed by atoms with van der Waals surface area (Å²) in [5.74, 6) is 0.0941. The Labute approximate surface area is 188 Å². The fraction of sp³-hybridized carbons (Fsp3) is 0.0833. The second-order valence-corrected chi connectivity index (χ2v) is 8.41. The SMILES string of the molecule is Cc1cc(NC(=O)CSc2ccc(Cl)cc2)ccc1NC(=O)c1cc2ccccc2o1. The third kappa shape index (κ3) is 5.29. The van der Waals surface area contributed by atoms with Crippen LogP contribution in [-0.4, -0.2) is 17.6 Å². The number of furan rings is 1. The first-order valence-electron chi connectivity index (χ1n) is 9.57. The molecule has 2 N–H and O–H groups in total. The van der Waals surface area contributed by atoms with Crippen LogP contribution in [0.2, 0.25) is 5.02 Å². The van der Waals surface area contributed by atoms with Crippen LogP contribution in [0.4, 0.5) is 11.4 Å². The summed E-state index contributed by atoms with van der Waals surface area (Å²) in [6.07, 6.45) is 0. The Hall–Kier alpha value is -3.22. The molecule has 0 fully saturated rings. The zero-order chi connectivity index (χ0) is 21.8. The average Bonchev–Trinajstić information content (AvgIpc) is 3.20. The molecule has 7 heteroatoms. The summed E-state index contributed by atoms with van der Waals surface area (Å²) in [5, 5.41) is 7.27. The maximum Gasteiger partial charge on any atom is 0.291 e. The monoisotopic (exact) mass is 450 g/mol. The predicted molar refractivity (Wildman–Crippen MR) is 126 cm³/mol. The Bertz CT molecular complexity index is 1220. The van der Waals surface area contributed by atoms with Crippen LogP contribution in [0.25, 0.3) is 11.0 Å². The molecule has 1 heterocycles. The molecule has 0 atom stereocenters. The van der Waals surface area contributed by atoms with Gasteiger partial charge in [0.05, 0.1) is 5.75 Å². The maximum atomic E-state index is 12.6. The first kappa shape index (κ1) is 21.0. The van der Waals surface area contributed by atoms with E-state index in [9.17, 15) is 9.59 Å². The summed E-state index contributed by atoms with van der Waals surface area (Å²) < 4.78 is 5.61. The predicted octanol–water partition coefficient (Wildman–Crippen LogP) is 6.38. The molecule has 31 heavy (non-hydrogen) atoms. The third-order valence-electron chi connectivity index (χ3n) is 4.59. The largest absolute Gasteiger partial charge is 0.451 e. The zero-order valence-corrected chi connectivity index (χ0v) is 18.2. The average molecular weight is 451 g/mol. The van der Waals surface area contributed by atoms with E-state index < -0.39 is 0 Å². The molecule has 0 saturated carbocycles. The van der Waals surface area contributed by atoms with Crippen molar-refractivity contribution in [3.8, 4) is 0 Å². The highest BCUT2D eigenvalue weighted by atomic mass is 35.5. The number of rotatable bonds is 6. The minimum atomic E-state index is -0.324. The van der Waals surface area contributed by atoms with Crippen molar-refractivity contribution in [2.24, 2.45) is 0 Å². The molecular formula is C24H19ClN2O3S. The van der Waals surface area contributed by atoms with Crippen molar-refractivity contribution in [1.29, 1.82) is 0 Å². The molecule has 0 aliphatic rings. The Morgan fingerprint density at radius 2 is 1.74 bits per heavy atom. The fourth-order valence-corrected chi connectivity index (χ4v) is 3.86. The quantitative estimate of drug-likeness (QED) is 0.334. The van der Waals surface area contributed by atoms with Crippen LogP contribution in [0.5, 0.6) is 0 Å². The van der Waals surface area contributed by atoms with Crippen LogP contribution in [-0.2, 0) is 4.79 Å². The number of thioether (sulfide) groups is 1. The molecule has 4 aromatic rings. The second-order valence-electron chi connectivity index (χ2n) is 6.92. The highest BCUT2D eigenvalue weighted by Crippen LogP contribution is 2.24. The molecule has 5 nitrogen and oxygen atoms in total. The number of nitrogens with one attached hydrogen (secondary N) is 2. The number of anilines is 2. The van der Waals surface area contributed by atoms with Crippen LogP contribution in [0.15, 0.2) is 82.1 Å². The molecular weight excluding hydrogens is 432 g/mol. The van der Waals surface area contributed by atoms with Crippen molar-refractivity contribution >= 4 is 57.5 Å². The lowest BCUT2D eigenvalue weighted by atomic mass is 10.1. The summed E-state index contributed by atoms with van der Waals surface area (Å²) in [6.45, 7) is 1.87. The minimum absolute atomic E-state index is 0.113. The summed E-state index contributed by atoms with van der Waals surface area (Å²) in [6, 6.07) is 21.9. The minimum Gasteiger partial charge on any atom is -0.451 e. The number of amides is 2. The van der Waals surface area contributed by atoms with Crippen LogP contribution < -0.4 is 10.6 Å². The van der Waals surface area contributed by atoms with Crippen LogP contribution in [0.1, 0.15) is 16.1 Å². The van der Waals surface area contributed by atoms with Crippen molar-refractivity contribution < 1.29 is 14.0 Å². The van der Waals surface area contributed by atoms with E-state index in [1.165, 1.54) is 11.8 Å². The van der Waals surface area contributed by atoms with E-state index in [1.54, 1.807) is 30.3 Å². The molecule has 3 aromatic carbocycles. The number of hydrogen-bond donors (Lipinski definition) is 2. The molecule has 0 aliphatic carbocycles. The molecule has 0 saturated heterocycles. The summed E-state index contributed by atoms with van der Waals surface area (Å²) in [7, 11) is 0. The Morgan fingerprint density at radius 1 is 0.968 bits per heavy atom. The molecule has 0 aliphatic heterocycles. The lowest BCUT2D eigenvalue weighted by molar-refractivity contribution is -0.113. The highest BCUT2D eigenvalue weighted by molar-refractivity contribution is 8.00. The molecule has 156 valence electrons. The van der Waals surface area contributed by atoms with E-state index in [2.05, 4.69) is 10.6 Å². The van der Waals surface area contributed by atoms with Gasteiger partial charge in [0.2, 0.25) is 5.91 Å². The maximum absolute atomic E-state index is 12.6. The van der Waals surface area contributed by atoms with Gasteiger partial charge in [-0.1, -0.05) is 29.8 Å². The van der Waals surface area contributed by atoms with Gasteiger partial charge in [0, 0.05) is 26.7 Å². The van der Waals surface area contributed by atoms with Gasteiger partial charge in [0.15, 0.2) is 5.76 Å². The standard InChI is InChI=1S/C24H19ClN2O3S/c1-15-12-18(26-23(28)14-31-19-9-6-17(25)7-10-19)8-11-20(15)27-24(29)22-13-16-4-2-3-5-21(16)30-22/h2-13H,14H2,1H3,(H,26,28)(H,27,29). The normalized spacial score (nSPS) is 10.8. The van der Waals surface area contributed by atoms with Gasteiger partial charge in [-0.25, -0.2) is 0 Å². The van der Waals surface area contributed by atoms with Gasteiger partial charge in [-0.05, 0) is 67.1 Å². The van der Waals surface area contributed by atoms with Gasteiger partial charge in [0.25, 0.3) is 5.91 Å². The number of fused-ring (bicyclic) bond motifs is 1. The van der Waals surface area contributed by atoms with E-state index in [0.717, 1.165) is 15.8 Å². The number of para-hydroxylation sites is 1. The lowest BCUT2D eigenvalue weighted by Gasteiger charge is -2.10. The van der Waals surface area contributed by atoms with Crippen molar-refractivity contribution in [2.45, 2.75) is 11.8 Å². The van der Waals surface area contributed by atoms with Crippen LogP contribution in [0.3, 0.4) is 0 Å². The van der Waals surface area contributed by atoms with Crippen molar-refractivity contribution in [1.82, 2.24) is 0 Å². The van der Waals surface area contributed by atoms with Gasteiger partial charge < -0.3 is 15.1 Å². The van der Waals surface area contributed by atoms with E-state index in [1.807, 2.05) is 49.4 Å². The summed E-state index contributed by atoms with van der Waals surface area (Å²) in [5.41, 5.74) is 2.81. The Kier molecular flexibility index (Phi) is 6.30. The van der Waals surface area contributed by atoms with Gasteiger partial charge in [-0.2, -0.15) is 0 Å². The van der Waals surface area contributed by atoms with Gasteiger partial charge in [-0.3, -0.25) is 9.59 Å². The molecule has 4 rings (SSSR count). The van der Waals surface area contributed by atoms with Crippen molar-refractivity contribution in [2.75, 3.05) is 16.4 Å². The highest BCUT2D eigenvalue weighted by Gasteiger charge is 2.14. The van der Waals surface area contributed by atoms with E-state index in [-0.39, 0.29) is 23.3 Å².